The third-order valence-electron chi connectivity index (χ3n) is 10.7. The van der Waals surface area contributed by atoms with Crippen LogP contribution in [0.4, 0.5) is 0 Å². The van der Waals surface area contributed by atoms with E-state index in [1.807, 2.05) is 0 Å². The molecule has 0 saturated carbocycles. The summed E-state index contributed by atoms with van der Waals surface area (Å²) in [6.07, 6.45) is 0.300. The minimum atomic E-state index is -1.69. The van der Waals surface area contributed by atoms with Crippen LogP contribution < -0.4 is 66.3 Å². The van der Waals surface area contributed by atoms with Crippen molar-refractivity contribution >= 4 is 71.0 Å². The molecule has 10 amide bonds. The van der Waals surface area contributed by atoms with Crippen molar-refractivity contribution in [2.45, 2.75) is 133 Å². The van der Waals surface area contributed by atoms with Crippen LogP contribution in [0.15, 0.2) is 17.5 Å². The SMILES string of the molecule is CC(C)[C@@H](NC(=O)[C@H](N)CCC(N)=O)C(=O)N[C@H](CCCN=C(N)N)C(=O)N[C@H](CCC(=O)O)C(=O)N[C@H](Cc1cnc[nH]1)C(=O)N[C@H](CCC(N)=O)C(=O)N1CCC[C@@H]1C(=O)N[C@H](CO)C(N)=O. The van der Waals surface area contributed by atoms with Crippen LogP contribution >= 0.6 is 0 Å². The second-order valence-corrected chi connectivity index (χ2v) is 16.6. The van der Waals surface area contributed by atoms with E-state index in [0.29, 0.717) is 6.42 Å². The Kier molecular flexibility index (Phi) is 24.0. The maximum absolute atomic E-state index is 14.2. The summed E-state index contributed by atoms with van der Waals surface area (Å²) in [5.74, 6) is -11.2. The van der Waals surface area contributed by atoms with E-state index >= 15 is 0 Å². The number of H-pyrrole nitrogens is 1. The van der Waals surface area contributed by atoms with E-state index in [-0.39, 0.29) is 69.7 Å². The van der Waals surface area contributed by atoms with E-state index in [9.17, 15) is 63.0 Å². The highest BCUT2D eigenvalue weighted by atomic mass is 16.4. The Labute approximate surface area is 396 Å². The highest BCUT2D eigenvalue weighted by Crippen LogP contribution is 2.20. The minimum absolute atomic E-state index is 0.00850. The molecule has 384 valence electrons. The molecule has 2 heterocycles. The molecule has 1 saturated heterocycles. The largest absolute Gasteiger partial charge is 0.481 e. The van der Waals surface area contributed by atoms with Gasteiger partial charge in [-0.25, -0.2) is 4.98 Å². The number of aromatic amines is 1. The number of aliphatic imine (C=N–C) groups is 1. The summed E-state index contributed by atoms with van der Waals surface area (Å²) in [4.78, 5) is 154. The van der Waals surface area contributed by atoms with Gasteiger partial charge in [-0.15, -0.1) is 0 Å². The fourth-order valence-electron chi connectivity index (χ4n) is 6.96. The van der Waals surface area contributed by atoms with Gasteiger partial charge in [0.2, 0.25) is 59.1 Å². The molecule has 29 heteroatoms. The van der Waals surface area contributed by atoms with Crippen molar-refractivity contribution in [1.82, 2.24) is 46.8 Å². The summed E-state index contributed by atoms with van der Waals surface area (Å²) in [5.41, 5.74) is 32.8. The van der Waals surface area contributed by atoms with Gasteiger partial charge in [0.15, 0.2) is 5.96 Å². The summed E-state index contributed by atoms with van der Waals surface area (Å²) in [6.45, 7) is 2.36. The van der Waals surface area contributed by atoms with Crippen LogP contribution in [-0.2, 0) is 59.2 Å². The predicted octanol–water partition coefficient (Wildman–Crippen LogP) is -7.24. The molecule has 29 nitrogen and oxygen atoms in total. The Morgan fingerprint density at radius 1 is 0.739 bits per heavy atom. The number of aromatic nitrogens is 2. The van der Waals surface area contributed by atoms with Gasteiger partial charge >= 0.3 is 5.97 Å². The minimum Gasteiger partial charge on any atom is -0.481 e. The topological polar surface area (TPSA) is 501 Å². The van der Waals surface area contributed by atoms with Crippen molar-refractivity contribution in [3.63, 3.8) is 0 Å². The predicted molar refractivity (Wildman–Crippen MR) is 241 cm³/mol. The van der Waals surface area contributed by atoms with Crippen LogP contribution in [0.1, 0.15) is 83.7 Å². The first-order valence-corrected chi connectivity index (χ1v) is 22.0. The monoisotopic (exact) mass is 978 g/mol. The Bertz CT molecular complexity index is 2010. The van der Waals surface area contributed by atoms with Crippen LogP contribution in [-0.4, -0.2) is 164 Å². The van der Waals surface area contributed by atoms with Crippen molar-refractivity contribution in [3.05, 3.63) is 18.2 Å². The van der Waals surface area contributed by atoms with Gasteiger partial charge in [0.1, 0.15) is 42.3 Å². The Morgan fingerprint density at radius 3 is 1.86 bits per heavy atom. The molecule has 0 bridgehead atoms. The number of aliphatic hydroxyl groups excluding tert-OH is 1. The van der Waals surface area contributed by atoms with Crippen LogP contribution in [0.2, 0.25) is 0 Å². The van der Waals surface area contributed by atoms with Gasteiger partial charge in [-0.3, -0.25) is 57.7 Å². The van der Waals surface area contributed by atoms with Gasteiger partial charge in [0.05, 0.1) is 19.0 Å². The zero-order valence-electron chi connectivity index (χ0n) is 38.4. The average molecular weight is 979 g/mol. The number of carbonyl (C=O) groups excluding carboxylic acids is 10. The van der Waals surface area contributed by atoms with Crippen LogP contribution in [0.5, 0.6) is 0 Å². The van der Waals surface area contributed by atoms with E-state index < -0.39 is 145 Å². The highest BCUT2D eigenvalue weighted by molar-refractivity contribution is 5.98. The molecule has 69 heavy (non-hydrogen) atoms. The normalized spacial score (nSPS) is 16.2. The molecule has 8 atom stereocenters. The molecule has 0 spiro atoms. The molecule has 1 aliphatic heterocycles. The average Bonchev–Trinajstić information content (AvgIpc) is 3.99. The molecule has 1 aromatic rings. The quantitative estimate of drug-likeness (QED) is 0.0187. The van der Waals surface area contributed by atoms with E-state index in [0.717, 1.165) is 4.90 Å². The third-order valence-corrected chi connectivity index (χ3v) is 10.7. The maximum Gasteiger partial charge on any atom is 0.303 e. The zero-order chi connectivity index (χ0) is 52.0. The first-order valence-electron chi connectivity index (χ1n) is 22.0. The number of primary amides is 3. The number of carboxylic acid groups (broad SMARTS) is 1. The standard InChI is InChI=1S/C40H66N16O13/c1-19(2)31(55-33(63)21(41)7-10-28(42)58)38(68)51-22(5-3-13-48-40(45)46)34(64)50-23(9-12-30(60)61)35(65)53-25(15-20-16-47-18-49-20)36(66)52-24(8-11-29(43)59)39(69)56-14-4-6-27(56)37(67)54-26(17-57)32(44)62/h16,18-19,21-27,31,57H,3-15,17,41H2,1-2H3,(H2,42,58)(H2,43,59)(H2,44,62)(H,47,49)(H,50,64)(H,51,68)(H,52,66)(H,53,65)(H,54,67)(H,55,63)(H,60,61)(H4,45,46,48)/t21-,22-,23-,24-,25-,26-,27-,31-/m1/s1. The number of nitrogens with zero attached hydrogens (tertiary/aromatic N) is 3. The molecular formula is C40H66N16O13. The molecule has 0 radical (unpaired) electrons. The molecule has 1 aliphatic rings. The summed E-state index contributed by atoms with van der Waals surface area (Å²) >= 11 is 0. The number of likely N-dealkylation sites (tertiary alicyclic amines) is 1. The van der Waals surface area contributed by atoms with Crippen LogP contribution in [0, 0.1) is 5.92 Å². The number of imidazole rings is 1. The molecular weight excluding hydrogens is 913 g/mol. The number of nitrogens with two attached hydrogens (primary N) is 6. The number of hydrogen-bond donors (Lipinski definition) is 15. The molecule has 2 rings (SSSR count). The fraction of sp³-hybridized carbons (Fsp3) is 0.625. The first kappa shape index (κ1) is 57.7. The van der Waals surface area contributed by atoms with E-state index in [1.54, 1.807) is 13.8 Å². The highest BCUT2D eigenvalue weighted by Gasteiger charge is 2.40. The summed E-state index contributed by atoms with van der Waals surface area (Å²) in [7, 11) is 0. The second-order valence-electron chi connectivity index (χ2n) is 16.6. The van der Waals surface area contributed by atoms with Crippen molar-refractivity contribution < 1.29 is 63.0 Å². The van der Waals surface area contributed by atoms with Gasteiger partial charge in [-0.2, -0.15) is 0 Å². The van der Waals surface area contributed by atoms with E-state index in [2.05, 4.69) is 46.9 Å². The number of carboxylic acids is 1. The van der Waals surface area contributed by atoms with Crippen LogP contribution in [0.25, 0.3) is 0 Å². The van der Waals surface area contributed by atoms with Crippen molar-refractivity contribution in [2.75, 3.05) is 19.7 Å². The smallest absolute Gasteiger partial charge is 0.303 e. The lowest BCUT2D eigenvalue weighted by Gasteiger charge is -2.30. The number of aliphatic hydroxyl groups is 1. The number of nitrogens with one attached hydrogen (secondary N) is 7. The van der Waals surface area contributed by atoms with Gasteiger partial charge in [0.25, 0.3) is 0 Å². The number of carbonyl (C=O) groups is 11. The Balaban J connectivity index is 2.46. The fourth-order valence-corrected chi connectivity index (χ4v) is 6.96. The number of hydrogen-bond acceptors (Lipinski definition) is 15. The zero-order valence-corrected chi connectivity index (χ0v) is 38.4. The molecule has 0 aromatic carbocycles. The van der Waals surface area contributed by atoms with Gasteiger partial charge < -0.3 is 86.4 Å². The van der Waals surface area contributed by atoms with Gasteiger partial charge in [-0.05, 0) is 50.9 Å². The number of aliphatic carboxylic acids is 1. The van der Waals surface area contributed by atoms with Gasteiger partial charge in [-0.1, -0.05) is 13.8 Å². The van der Waals surface area contributed by atoms with Crippen molar-refractivity contribution in [2.24, 2.45) is 45.3 Å². The number of amides is 10. The first-order chi connectivity index (χ1) is 32.4. The Hall–Kier alpha value is -7.43. The summed E-state index contributed by atoms with van der Waals surface area (Å²) in [5, 5.41) is 33.8. The molecule has 1 aromatic heterocycles. The van der Waals surface area contributed by atoms with E-state index in [4.69, 9.17) is 34.4 Å². The summed E-state index contributed by atoms with van der Waals surface area (Å²) < 4.78 is 0. The molecule has 0 unspecified atom stereocenters. The number of rotatable bonds is 31. The molecule has 21 N–H and O–H groups in total. The van der Waals surface area contributed by atoms with E-state index in [1.165, 1.54) is 12.5 Å². The summed E-state index contributed by atoms with van der Waals surface area (Å²) in [6, 6.07) is -11.4. The lowest BCUT2D eigenvalue weighted by atomic mass is 10.0. The van der Waals surface area contributed by atoms with Crippen molar-refractivity contribution in [3.8, 4) is 0 Å². The lowest BCUT2D eigenvalue weighted by Crippen LogP contribution is -2.61. The molecule has 0 aliphatic carbocycles. The second kappa shape index (κ2) is 28.7. The Morgan fingerprint density at radius 2 is 1.30 bits per heavy atom. The van der Waals surface area contributed by atoms with Crippen molar-refractivity contribution in [1.29, 1.82) is 0 Å². The van der Waals surface area contributed by atoms with Crippen LogP contribution in [0.3, 0.4) is 0 Å². The number of guanidine groups is 1. The third kappa shape index (κ3) is 20.1. The van der Waals surface area contributed by atoms with Gasteiger partial charge in [0, 0.05) is 50.7 Å². The molecule has 1 fully saturated rings. The maximum atomic E-state index is 14.2. The lowest BCUT2D eigenvalue weighted by molar-refractivity contribution is -0.143.